The minimum Gasteiger partial charge on any atom is -0.478 e. The number of carboxylic acid groups (broad SMARTS) is 1. The zero-order valence-electron chi connectivity index (χ0n) is 15.6. The lowest BCUT2D eigenvalue weighted by Crippen LogP contribution is -2.41. The maximum absolute atomic E-state index is 12.2. The summed E-state index contributed by atoms with van der Waals surface area (Å²) >= 11 is 0. The number of hydrogen-bond donors (Lipinski definition) is 4. The molecule has 0 bridgehead atoms. The lowest BCUT2D eigenvalue weighted by molar-refractivity contribution is 0.0697. The highest BCUT2D eigenvalue weighted by molar-refractivity contribution is 5.87. The molecule has 0 saturated carbocycles. The first-order valence-corrected chi connectivity index (χ1v) is 8.83. The molecule has 2 aromatic rings. The number of aromatic carboxylic acids is 1. The largest absolute Gasteiger partial charge is 0.478 e. The van der Waals surface area contributed by atoms with E-state index in [0.717, 1.165) is 11.1 Å². The minimum atomic E-state index is -0.981. The van der Waals surface area contributed by atoms with Gasteiger partial charge in [-0.1, -0.05) is 56.3 Å². The summed E-state index contributed by atoms with van der Waals surface area (Å²) in [5.41, 5.74) is 1.69. The van der Waals surface area contributed by atoms with Gasteiger partial charge in [-0.05, 0) is 28.7 Å². The second kappa shape index (κ2) is 9.19. The number of carbonyl (C=O) groups is 2. The van der Waals surface area contributed by atoms with Crippen molar-refractivity contribution in [3.63, 3.8) is 0 Å². The van der Waals surface area contributed by atoms with Crippen molar-refractivity contribution in [2.75, 3.05) is 13.2 Å². The van der Waals surface area contributed by atoms with Crippen LogP contribution in [0.15, 0.2) is 54.6 Å². The molecule has 0 fully saturated rings. The monoisotopic (exact) mass is 370 g/mol. The van der Waals surface area contributed by atoms with Gasteiger partial charge in [0.15, 0.2) is 0 Å². The molecule has 0 saturated heterocycles. The van der Waals surface area contributed by atoms with E-state index in [-0.39, 0.29) is 29.5 Å². The molecule has 4 N–H and O–H groups in total. The SMILES string of the molecule is CC(C)(CO)C(CNC(=O)NCc1ccc(C(=O)O)cc1)c1ccccc1. The topological polar surface area (TPSA) is 98.7 Å². The van der Waals surface area contributed by atoms with Crippen molar-refractivity contribution >= 4 is 12.0 Å². The van der Waals surface area contributed by atoms with Gasteiger partial charge in [0.25, 0.3) is 0 Å². The van der Waals surface area contributed by atoms with Crippen molar-refractivity contribution in [1.29, 1.82) is 0 Å². The van der Waals surface area contributed by atoms with Crippen LogP contribution in [0.25, 0.3) is 0 Å². The van der Waals surface area contributed by atoms with Gasteiger partial charge in [0, 0.05) is 25.6 Å². The average molecular weight is 370 g/mol. The maximum atomic E-state index is 12.2. The predicted molar refractivity (Wildman–Crippen MR) is 104 cm³/mol. The molecule has 1 atom stereocenters. The molecule has 2 rings (SSSR count). The molecule has 0 heterocycles. The molecule has 0 aliphatic rings. The van der Waals surface area contributed by atoms with Crippen molar-refractivity contribution < 1.29 is 19.8 Å². The third-order valence-electron chi connectivity index (χ3n) is 4.67. The Morgan fingerprint density at radius 1 is 1.00 bits per heavy atom. The van der Waals surface area contributed by atoms with Crippen molar-refractivity contribution in [2.45, 2.75) is 26.3 Å². The van der Waals surface area contributed by atoms with Crippen LogP contribution in [0.1, 0.15) is 41.3 Å². The summed E-state index contributed by atoms with van der Waals surface area (Å²) in [6, 6.07) is 15.8. The zero-order chi connectivity index (χ0) is 19.9. The number of aliphatic hydroxyl groups is 1. The van der Waals surface area contributed by atoms with Gasteiger partial charge in [-0.25, -0.2) is 9.59 Å². The van der Waals surface area contributed by atoms with Crippen molar-refractivity contribution in [3.8, 4) is 0 Å². The first kappa shape index (κ1) is 20.5. The molecule has 6 heteroatoms. The van der Waals surface area contributed by atoms with E-state index in [2.05, 4.69) is 10.6 Å². The number of nitrogens with one attached hydrogen (secondary N) is 2. The molecule has 6 nitrogen and oxygen atoms in total. The Morgan fingerprint density at radius 3 is 2.19 bits per heavy atom. The van der Waals surface area contributed by atoms with Gasteiger partial charge >= 0.3 is 12.0 Å². The van der Waals surface area contributed by atoms with Crippen molar-refractivity contribution in [3.05, 3.63) is 71.3 Å². The number of amides is 2. The fraction of sp³-hybridized carbons (Fsp3) is 0.333. The first-order valence-electron chi connectivity index (χ1n) is 8.83. The van der Waals surface area contributed by atoms with Crippen LogP contribution in [0, 0.1) is 5.41 Å². The highest BCUT2D eigenvalue weighted by Gasteiger charge is 2.30. The van der Waals surface area contributed by atoms with Gasteiger partial charge in [0.2, 0.25) is 0 Å². The Labute approximate surface area is 159 Å². The van der Waals surface area contributed by atoms with Gasteiger partial charge in [0.1, 0.15) is 0 Å². The average Bonchev–Trinajstić information content (AvgIpc) is 2.67. The van der Waals surface area contributed by atoms with Crippen molar-refractivity contribution in [2.24, 2.45) is 5.41 Å². The molecular formula is C21H26N2O4. The van der Waals surface area contributed by atoms with Crippen LogP contribution in [0.2, 0.25) is 0 Å². The molecule has 144 valence electrons. The Morgan fingerprint density at radius 2 is 1.63 bits per heavy atom. The molecular weight excluding hydrogens is 344 g/mol. The molecule has 2 aromatic carbocycles. The van der Waals surface area contributed by atoms with E-state index in [1.165, 1.54) is 12.1 Å². The summed E-state index contributed by atoms with van der Waals surface area (Å²) in [5, 5.41) is 24.3. The number of rotatable bonds is 8. The fourth-order valence-corrected chi connectivity index (χ4v) is 2.85. The number of carboxylic acids is 1. The van der Waals surface area contributed by atoms with Crippen LogP contribution in [-0.4, -0.2) is 35.4 Å². The summed E-state index contributed by atoms with van der Waals surface area (Å²) in [6.07, 6.45) is 0. The lowest BCUT2D eigenvalue weighted by Gasteiger charge is -2.33. The highest BCUT2D eigenvalue weighted by Crippen LogP contribution is 2.34. The smallest absolute Gasteiger partial charge is 0.335 e. The van der Waals surface area contributed by atoms with E-state index >= 15 is 0 Å². The standard InChI is InChI=1S/C21H26N2O4/c1-21(2,14-24)18(16-6-4-3-5-7-16)13-23-20(27)22-12-15-8-10-17(11-9-15)19(25)26/h3-11,18,24H,12-14H2,1-2H3,(H,25,26)(H2,22,23,27). The van der Waals surface area contributed by atoms with Gasteiger partial charge in [0.05, 0.1) is 5.56 Å². The Hall–Kier alpha value is -2.86. The predicted octanol–water partition coefficient (Wildman–Crippen LogP) is 2.99. The van der Waals surface area contributed by atoms with Crippen LogP contribution in [0.3, 0.4) is 0 Å². The van der Waals surface area contributed by atoms with Crippen LogP contribution in [0.4, 0.5) is 4.79 Å². The van der Waals surface area contributed by atoms with E-state index in [9.17, 15) is 14.7 Å². The van der Waals surface area contributed by atoms with Crippen molar-refractivity contribution in [1.82, 2.24) is 10.6 Å². The summed E-state index contributed by atoms with van der Waals surface area (Å²) in [6.45, 7) is 4.63. The second-order valence-corrected chi connectivity index (χ2v) is 7.18. The van der Waals surface area contributed by atoms with E-state index in [1.54, 1.807) is 12.1 Å². The molecule has 0 aromatic heterocycles. The highest BCUT2D eigenvalue weighted by atomic mass is 16.4. The first-order chi connectivity index (χ1) is 12.8. The van der Waals surface area contributed by atoms with Gasteiger partial charge in [-0.2, -0.15) is 0 Å². The molecule has 0 radical (unpaired) electrons. The zero-order valence-corrected chi connectivity index (χ0v) is 15.6. The number of hydrogen-bond acceptors (Lipinski definition) is 3. The summed E-state index contributed by atoms with van der Waals surface area (Å²) < 4.78 is 0. The number of urea groups is 1. The maximum Gasteiger partial charge on any atom is 0.335 e. The summed E-state index contributed by atoms with van der Waals surface area (Å²) in [4.78, 5) is 23.0. The summed E-state index contributed by atoms with van der Waals surface area (Å²) in [5.74, 6) is -1.02. The Bertz CT molecular complexity index is 758. The van der Waals surface area contributed by atoms with Crippen LogP contribution < -0.4 is 10.6 Å². The molecule has 0 aliphatic carbocycles. The third-order valence-corrected chi connectivity index (χ3v) is 4.67. The Balaban J connectivity index is 1.92. The quantitative estimate of drug-likeness (QED) is 0.574. The fourth-order valence-electron chi connectivity index (χ4n) is 2.85. The van der Waals surface area contributed by atoms with Gasteiger partial charge < -0.3 is 20.8 Å². The van der Waals surface area contributed by atoms with Gasteiger partial charge in [-0.3, -0.25) is 0 Å². The van der Waals surface area contributed by atoms with E-state index in [0.29, 0.717) is 13.1 Å². The number of carbonyl (C=O) groups excluding carboxylic acids is 1. The number of aliphatic hydroxyl groups excluding tert-OH is 1. The molecule has 0 spiro atoms. The third kappa shape index (κ3) is 5.82. The summed E-state index contributed by atoms with van der Waals surface area (Å²) in [7, 11) is 0. The van der Waals surface area contributed by atoms with E-state index in [1.807, 2.05) is 44.2 Å². The molecule has 2 amide bonds. The number of benzene rings is 2. The minimum absolute atomic E-state index is 0.00574. The van der Waals surface area contributed by atoms with Gasteiger partial charge in [-0.15, -0.1) is 0 Å². The lowest BCUT2D eigenvalue weighted by atomic mass is 9.75. The molecule has 27 heavy (non-hydrogen) atoms. The van der Waals surface area contributed by atoms with Crippen LogP contribution >= 0.6 is 0 Å². The van der Waals surface area contributed by atoms with Crippen LogP contribution in [-0.2, 0) is 6.54 Å². The van der Waals surface area contributed by atoms with E-state index < -0.39 is 5.97 Å². The molecule has 0 aliphatic heterocycles. The Kier molecular flexibility index (Phi) is 6.96. The normalized spacial score (nSPS) is 12.3. The van der Waals surface area contributed by atoms with E-state index in [4.69, 9.17) is 5.11 Å². The molecule has 1 unspecified atom stereocenters. The van der Waals surface area contributed by atoms with Crippen LogP contribution in [0.5, 0.6) is 0 Å². The second-order valence-electron chi connectivity index (χ2n) is 7.18.